The van der Waals surface area contributed by atoms with Crippen molar-refractivity contribution in [2.24, 2.45) is 0 Å². The third-order valence-electron chi connectivity index (χ3n) is 3.71. The van der Waals surface area contributed by atoms with Crippen LogP contribution in [0.15, 0.2) is 24.3 Å². The molecule has 0 spiro atoms. The lowest BCUT2D eigenvalue weighted by Crippen LogP contribution is -2.31. The number of hydrogen-bond donors (Lipinski definition) is 2. The van der Waals surface area contributed by atoms with Gasteiger partial charge in [0.1, 0.15) is 12.4 Å². The molecule has 1 saturated heterocycles. The molecule has 2 rings (SSSR count). The molecule has 4 heteroatoms. The van der Waals surface area contributed by atoms with Gasteiger partial charge in [0.05, 0.1) is 5.60 Å². The van der Waals surface area contributed by atoms with Crippen LogP contribution in [0.5, 0.6) is 5.75 Å². The highest BCUT2D eigenvalue weighted by molar-refractivity contribution is 5.41. The van der Waals surface area contributed by atoms with E-state index >= 15 is 0 Å². The predicted molar refractivity (Wildman–Crippen MR) is 77.3 cm³/mol. The Morgan fingerprint density at radius 1 is 1.26 bits per heavy atom. The number of ether oxygens (including phenoxy) is 1. The topological polar surface area (TPSA) is 58.7 Å². The van der Waals surface area contributed by atoms with E-state index in [0.717, 1.165) is 50.3 Å². The molecule has 1 heterocycles. The van der Waals surface area contributed by atoms with Gasteiger partial charge in [0.2, 0.25) is 0 Å². The Morgan fingerprint density at radius 3 is 2.74 bits per heavy atom. The zero-order valence-corrected chi connectivity index (χ0v) is 11.6. The molecule has 1 unspecified atom stereocenters. The van der Waals surface area contributed by atoms with E-state index in [1.165, 1.54) is 0 Å². The molecule has 1 aliphatic rings. The molecule has 0 saturated carbocycles. The average Bonchev–Trinajstić information content (AvgIpc) is 2.53. The summed E-state index contributed by atoms with van der Waals surface area (Å²) < 4.78 is 5.70. The van der Waals surface area contributed by atoms with Gasteiger partial charge in [0.15, 0.2) is 0 Å². The summed E-state index contributed by atoms with van der Waals surface area (Å²) in [6.07, 6.45) is 2.78. The molecule has 0 aliphatic carbocycles. The van der Waals surface area contributed by atoms with Crippen LogP contribution in [-0.2, 0) is 0 Å². The minimum Gasteiger partial charge on any atom is -0.492 e. The maximum absolute atomic E-state index is 10.0. The molecule has 0 bridgehead atoms. The van der Waals surface area contributed by atoms with Gasteiger partial charge in [-0.15, -0.1) is 0 Å². The zero-order chi connectivity index (χ0) is 13.7. The molecule has 3 N–H and O–H groups in total. The summed E-state index contributed by atoms with van der Waals surface area (Å²) in [6, 6.07) is 7.47. The Bertz CT molecular complexity index is 390. The summed E-state index contributed by atoms with van der Waals surface area (Å²) >= 11 is 0. The smallest absolute Gasteiger partial charge is 0.119 e. The second-order valence-corrected chi connectivity index (χ2v) is 5.61. The van der Waals surface area contributed by atoms with E-state index in [1.807, 2.05) is 31.2 Å². The van der Waals surface area contributed by atoms with Crippen LogP contribution >= 0.6 is 0 Å². The molecule has 4 nitrogen and oxygen atoms in total. The van der Waals surface area contributed by atoms with Gasteiger partial charge in [-0.05, 0) is 57.0 Å². The fourth-order valence-corrected chi connectivity index (χ4v) is 2.40. The van der Waals surface area contributed by atoms with Crippen molar-refractivity contribution >= 4 is 5.69 Å². The SMILES string of the molecule is CC1(O)CCCN(CCOc2ccc(N)cc2)CC1. The normalized spacial score (nSPS) is 24.9. The lowest BCUT2D eigenvalue weighted by atomic mass is 9.98. The van der Waals surface area contributed by atoms with E-state index < -0.39 is 5.60 Å². The molecule has 1 aromatic rings. The standard InChI is InChI=1S/C15H24N2O2/c1-15(18)7-2-9-17(10-8-15)11-12-19-14-5-3-13(16)4-6-14/h3-6,18H,2,7-12,16H2,1H3. The third kappa shape index (κ3) is 4.73. The molecule has 0 radical (unpaired) electrons. The van der Waals surface area contributed by atoms with Gasteiger partial charge in [-0.3, -0.25) is 4.90 Å². The summed E-state index contributed by atoms with van der Waals surface area (Å²) in [4.78, 5) is 2.36. The van der Waals surface area contributed by atoms with Crippen LogP contribution in [0.2, 0.25) is 0 Å². The van der Waals surface area contributed by atoms with E-state index in [1.54, 1.807) is 0 Å². The molecule has 0 aromatic heterocycles. The van der Waals surface area contributed by atoms with Gasteiger partial charge in [-0.25, -0.2) is 0 Å². The van der Waals surface area contributed by atoms with E-state index in [4.69, 9.17) is 10.5 Å². The largest absolute Gasteiger partial charge is 0.492 e. The Hall–Kier alpha value is -1.26. The minimum atomic E-state index is -0.493. The van der Waals surface area contributed by atoms with Crippen LogP contribution in [0, 0.1) is 0 Å². The van der Waals surface area contributed by atoms with Crippen LogP contribution in [0.25, 0.3) is 0 Å². The molecule has 1 aliphatic heterocycles. The highest BCUT2D eigenvalue weighted by atomic mass is 16.5. The fraction of sp³-hybridized carbons (Fsp3) is 0.600. The first kappa shape index (κ1) is 14.2. The molecular weight excluding hydrogens is 240 g/mol. The van der Waals surface area contributed by atoms with Gasteiger partial charge >= 0.3 is 0 Å². The van der Waals surface area contributed by atoms with Crippen LogP contribution in [0.1, 0.15) is 26.2 Å². The molecule has 106 valence electrons. The summed E-state index contributed by atoms with van der Waals surface area (Å²) in [5.41, 5.74) is 5.89. The van der Waals surface area contributed by atoms with Crippen molar-refractivity contribution < 1.29 is 9.84 Å². The number of nitrogens with zero attached hydrogens (tertiary/aromatic N) is 1. The second-order valence-electron chi connectivity index (χ2n) is 5.61. The van der Waals surface area contributed by atoms with E-state index in [-0.39, 0.29) is 0 Å². The Labute approximate surface area is 115 Å². The van der Waals surface area contributed by atoms with Gasteiger partial charge < -0.3 is 15.6 Å². The lowest BCUT2D eigenvalue weighted by Gasteiger charge is -2.22. The van der Waals surface area contributed by atoms with E-state index in [0.29, 0.717) is 6.61 Å². The maximum Gasteiger partial charge on any atom is 0.119 e. The molecule has 1 fully saturated rings. The van der Waals surface area contributed by atoms with Crippen molar-refractivity contribution in [3.8, 4) is 5.75 Å². The van der Waals surface area contributed by atoms with Crippen molar-refractivity contribution in [2.75, 3.05) is 32.0 Å². The number of nitrogen functional groups attached to an aromatic ring is 1. The first-order chi connectivity index (χ1) is 9.05. The van der Waals surface area contributed by atoms with Crippen LogP contribution < -0.4 is 10.5 Å². The van der Waals surface area contributed by atoms with Crippen LogP contribution in [-0.4, -0.2) is 41.8 Å². The quantitative estimate of drug-likeness (QED) is 0.815. The van der Waals surface area contributed by atoms with Gasteiger partial charge in [0, 0.05) is 18.8 Å². The van der Waals surface area contributed by atoms with Gasteiger partial charge in [0.25, 0.3) is 0 Å². The highest BCUT2D eigenvalue weighted by Gasteiger charge is 2.24. The third-order valence-corrected chi connectivity index (χ3v) is 3.71. The Morgan fingerprint density at radius 2 is 2.00 bits per heavy atom. The Balaban J connectivity index is 1.72. The van der Waals surface area contributed by atoms with Gasteiger partial charge in [-0.2, -0.15) is 0 Å². The molecule has 1 atom stereocenters. The first-order valence-corrected chi connectivity index (χ1v) is 6.98. The van der Waals surface area contributed by atoms with Gasteiger partial charge in [-0.1, -0.05) is 0 Å². The number of rotatable bonds is 4. The maximum atomic E-state index is 10.0. The molecule has 0 amide bonds. The van der Waals surface area contributed by atoms with Crippen molar-refractivity contribution in [1.82, 2.24) is 4.90 Å². The van der Waals surface area contributed by atoms with E-state index in [2.05, 4.69) is 4.90 Å². The second kappa shape index (κ2) is 6.26. The molecule has 19 heavy (non-hydrogen) atoms. The monoisotopic (exact) mass is 264 g/mol. The average molecular weight is 264 g/mol. The van der Waals surface area contributed by atoms with Crippen LogP contribution in [0.4, 0.5) is 5.69 Å². The summed E-state index contributed by atoms with van der Waals surface area (Å²) in [5, 5.41) is 10.0. The van der Waals surface area contributed by atoms with Crippen molar-refractivity contribution in [3.63, 3.8) is 0 Å². The molecule has 1 aromatic carbocycles. The predicted octanol–water partition coefficient (Wildman–Crippen LogP) is 1.88. The number of nitrogens with two attached hydrogens (primary N) is 1. The fourth-order valence-electron chi connectivity index (χ4n) is 2.40. The van der Waals surface area contributed by atoms with Crippen LogP contribution in [0.3, 0.4) is 0 Å². The van der Waals surface area contributed by atoms with Crippen molar-refractivity contribution in [3.05, 3.63) is 24.3 Å². The Kier molecular flexibility index (Phi) is 4.66. The highest BCUT2D eigenvalue weighted by Crippen LogP contribution is 2.21. The van der Waals surface area contributed by atoms with Crippen molar-refractivity contribution in [1.29, 1.82) is 0 Å². The number of hydrogen-bond acceptors (Lipinski definition) is 4. The first-order valence-electron chi connectivity index (χ1n) is 6.98. The summed E-state index contributed by atoms with van der Waals surface area (Å²) in [5.74, 6) is 0.857. The van der Waals surface area contributed by atoms with E-state index in [9.17, 15) is 5.11 Å². The zero-order valence-electron chi connectivity index (χ0n) is 11.6. The summed E-state index contributed by atoms with van der Waals surface area (Å²) in [6.45, 7) is 5.49. The minimum absolute atomic E-state index is 0.493. The number of likely N-dealkylation sites (tertiary alicyclic amines) is 1. The lowest BCUT2D eigenvalue weighted by molar-refractivity contribution is 0.0442. The van der Waals surface area contributed by atoms with Crippen molar-refractivity contribution in [2.45, 2.75) is 31.8 Å². The summed E-state index contributed by atoms with van der Waals surface area (Å²) in [7, 11) is 0. The number of benzene rings is 1. The number of anilines is 1. The number of aliphatic hydroxyl groups is 1. The molecular formula is C15H24N2O2.